The Hall–Kier alpha value is -1.16. The van der Waals surface area contributed by atoms with Crippen LogP contribution in [0.3, 0.4) is 0 Å². The summed E-state index contributed by atoms with van der Waals surface area (Å²) < 4.78 is 58.5. The van der Waals surface area contributed by atoms with Crippen LogP contribution in [0.2, 0.25) is 0 Å². The number of esters is 1. The summed E-state index contributed by atoms with van der Waals surface area (Å²) in [7, 11) is -5.05. The third-order valence-electron chi connectivity index (χ3n) is 8.14. The second kappa shape index (κ2) is 27.6. The number of carbonyl (C=O) groups excluding carboxylic acids is 1. The van der Waals surface area contributed by atoms with Crippen LogP contribution in [0.15, 0.2) is 12.2 Å². The van der Waals surface area contributed by atoms with E-state index in [1.807, 2.05) is 0 Å². The summed E-state index contributed by atoms with van der Waals surface area (Å²) in [5.74, 6) is -0.412. The smallest absolute Gasteiger partial charge is 0.397 e. The molecule has 1 aliphatic rings. The predicted molar refractivity (Wildman–Crippen MR) is 179 cm³/mol. The summed E-state index contributed by atoms with van der Waals surface area (Å²) in [6, 6.07) is 0. The lowest BCUT2D eigenvalue weighted by atomic mass is 9.99. The quantitative estimate of drug-likeness (QED) is 0.0318. The lowest BCUT2D eigenvalue weighted by molar-refractivity contribution is -0.301. The van der Waals surface area contributed by atoms with Crippen LogP contribution in [0.5, 0.6) is 0 Å². The van der Waals surface area contributed by atoms with Crippen LogP contribution in [0.1, 0.15) is 136 Å². The highest BCUT2D eigenvalue weighted by Crippen LogP contribution is 2.26. The van der Waals surface area contributed by atoms with E-state index in [4.69, 9.17) is 23.5 Å². The standard InChI is InChI=1S/C34H64O12S/c1-3-5-7-9-11-12-13-14-15-16-17-19-21-23-30(36)44-28(26-42-24-22-20-18-10-8-6-4-2)27-43-34-32(38)33(46-47(39,40)41)31(37)29(25-35)45-34/h12-13,28-29,31-35,37-38H,3-11,14-27H2,1-2H3,(H,39,40,41)/b13-12-. The van der Waals surface area contributed by atoms with Crippen molar-refractivity contribution in [1.82, 2.24) is 0 Å². The minimum Gasteiger partial charge on any atom is -0.457 e. The molecule has 0 aliphatic carbocycles. The first kappa shape index (κ1) is 43.9. The number of aliphatic hydroxyl groups excluding tert-OH is 3. The molecule has 0 radical (unpaired) electrons. The van der Waals surface area contributed by atoms with Gasteiger partial charge < -0.3 is 34.3 Å². The normalized spacial score (nSPS) is 22.6. The highest BCUT2D eigenvalue weighted by Gasteiger charge is 2.48. The van der Waals surface area contributed by atoms with Crippen LogP contribution in [0, 0.1) is 0 Å². The molecule has 6 atom stereocenters. The molecule has 4 N–H and O–H groups in total. The largest absolute Gasteiger partial charge is 0.457 e. The van der Waals surface area contributed by atoms with Crippen molar-refractivity contribution in [3.63, 3.8) is 0 Å². The van der Waals surface area contributed by atoms with Gasteiger partial charge in [-0.2, -0.15) is 8.42 Å². The summed E-state index contributed by atoms with van der Waals surface area (Å²) in [5, 5.41) is 30.4. The average molecular weight is 697 g/mol. The summed E-state index contributed by atoms with van der Waals surface area (Å²) in [6.07, 6.45) is 15.6. The van der Waals surface area contributed by atoms with Gasteiger partial charge >= 0.3 is 16.4 Å². The zero-order valence-corrected chi connectivity index (χ0v) is 29.7. The van der Waals surface area contributed by atoms with Gasteiger partial charge in [0.05, 0.1) is 19.8 Å². The Kier molecular flexibility index (Phi) is 25.8. The Morgan fingerprint density at radius 2 is 1.34 bits per heavy atom. The van der Waals surface area contributed by atoms with Crippen LogP contribution in [-0.4, -0.2) is 97.5 Å². The van der Waals surface area contributed by atoms with Gasteiger partial charge in [0.25, 0.3) is 0 Å². The lowest BCUT2D eigenvalue weighted by Crippen LogP contribution is -2.60. The molecule has 0 aromatic rings. The van der Waals surface area contributed by atoms with Crippen LogP contribution in [0.25, 0.3) is 0 Å². The summed E-state index contributed by atoms with van der Waals surface area (Å²) >= 11 is 0. The van der Waals surface area contributed by atoms with E-state index in [0.29, 0.717) is 13.0 Å². The van der Waals surface area contributed by atoms with Crippen LogP contribution in [-0.2, 0) is 38.3 Å². The molecule has 1 aliphatic heterocycles. The predicted octanol–water partition coefficient (Wildman–Crippen LogP) is 5.57. The maximum absolute atomic E-state index is 12.7. The van der Waals surface area contributed by atoms with E-state index >= 15 is 0 Å². The number of hydrogen-bond acceptors (Lipinski definition) is 11. The molecule has 0 aromatic carbocycles. The maximum atomic E-state index is 12.7. The van der Waals surface area contributed by atoms with Gasteiger partial charge in [0.1, 0.15) is 30.5 Å². The fraction of sp³-hybridized carbons (Fsp3) is 0.912. The van der Waals surface area contributed by atoms with Gasteiger partial charge in [-0.15, -0.1) is 0 Å². The number of aliphatic hydroxyl groups is 3. The molecule has 0 bridgehead atoms. The van der Waals surface area contributed by atoms with Crippen LogP contribution >= 0.6 is 0 Å². The number of allylic oxidation sites excluding steroid dienone is 2. The molecule has 1 fully saturated rings. The van der Waals surface area contributed by atoms with E-state index in [1.165, 1.54) is 51.4 Å². The first-order chi connectivity index (χ1) is 22.6. The fourth-order valence-electron chi connectivity index (χ4n) is 5.37. The molecule has 1 saturated heterocycles. The van der Waals surface area contributed by atoms with E-state index in [0.717, 1.165) is 57.8 Å². The van der Waals surface area contributed by atoms with Crippen molar-refractivity contribution in [3.05, 3.63) is 12.2 Å². The third kappa shape index (κ3) is 22.2. The van der Waals surface area contributed by atoms with Gasteiger partial charge in [-0.1, -0.05) is 103 Å². The molecular weight excluding hydrogens is 632 g/mol. The maximum Gasteiger partial charge on any atom is 0.397 e. The molecule has 47 heavy (non-hydrogen) atoms. The zero-order valence-electron chi connectivity index (χ0n) is 28.8. The van der Waals surface area contributed by atoms with Gasteiger partial charge in [-0.05, 0) is 38.5 Å². The molecule has 0 aromatic heterocycles. The second-order valence-electron chi connectivity index (χ2n) is 12.5. The van der Waals surface area contributed by atoms with Crippen LogP contribution < -0.4 is 0 Å². The van der Waals surface area contributed by atoms with Crippen molar-refractivity contribution in [1.29, 1.82) is 0 Å². The Balaban J connectivity index is 2.53. The summed E-state index contributed by atoms with van der Waals surface area (Å²) in [6.45, 7) is 3.89. The zero-order chi connectivity index (χ0) is 34.8. The van der Waals surface area contributed by atoms with Crippen molar-refractivity contribution in [2.75, 3.05) is 26.4 Å². The molecule has 1 rings (SSSR count). The number of carbonyl (C=O) groups is 1. The lowest BCUT2D eigenvalue weighted by Gasteiger charge is -2.41. The Morgan fingerprint density at radius 3 is 1.94 bits per heavy atom. The third-order valence-corrected chi connectivity index (χ3v) is 8.60. The monoisotopic (exact) mass is 696 g/mol. The molecular formula is C34H64O12S. The molecule has 13 heteroatoms. The topological polar surface area (TPSA) is 178 Å². The van der Waals surface area contributed by atoms with Gasteiger partial charge in [0, 0.05) is 13.0 Å². The van der Waals surface area contributed by atoms with E-state index in [1.54, 1.807) is 0 Å². The van der Waals surface area contributed by atoms with Crippen molar-refractivity contribution >= 4 is 16.4 Å². The van der Waals surface area contributed by atoms with Gasteiger partial charge in [0.15, 0.2) is 6.29 Å². The first-order valence-corrected chi connectivity index (χ1v) is 19.3. The Morgan fingerprint density at radius 1 is 0.787 bits per heavy atom. The van der Waals surface area contributed by atoms with Crippen molar-refractivity contribution < 1.29 is 56.2 Å². The molecule has 0 amide bonds. The minimum absolute atomic E-state index is 0.0352. The highest BCUT2D eigenvalue weighted by molar-refractivity contribution is 7.80. The number of unbranched alkanes of at least 4 members (excludes halogenated alkanes) is 15. The van der Waals surface area contributed by atoms with Crippen molar-refractivity contribution in [2.45, 2.75) is 173 Å². The van der Waals surface area contributed by atoms with Gasteiger partial charge in [-0.3, -0.25) is 9.35 Å². The average Bonchev–Trinajstić information content (AvgIpc) is 3.03. The fourth-order valence-corrected chi connectivity index (χ4v) is 5.88. The van der Waals surface area contributed by atoms with E-state index < -0.39 is 59.8 Å². The molecule has 0 saturated carbocycles. The second-order valence-corrected chi connectivity index (χ2v) is 13.5. The van der Waals surface area contributed by atoms with E-state index in [9.17, 15) is 28.5 Å². The molecule has 1 heterocycles. The summed E-state index contributed by atoms with van der Waals surface area (Å²) in [5.41, 5.74) is 0. The Labute approximate surface area is 283 Å². The summed E-state index contributed by atoms with van der Waals surface area (Å²) in [4.78, 5) is 12.7. The van der Waals surface area contributed by atoms with Gasteiger partial charge in [-0.25, -0.2) is 4.18 Å². The van der Waals surface area contributed by atoms with Crippen molar-refractivity contribution in [2.24, 2.45) is 0 Å². The number of ether oxygens (including phenoxy) is 4. The van der Waals surface area contributed by atoms with Gasteiger partial charge in [0.2, 0.25) is 0 Å². The molecule has 6 unspecified atom stereocenters. The first-order valence-electron chi connectivity index (χ1n) is 17.9. The molecule has 0 spiro atoms. The Bertz CT molecular complexity index is 900. The van der Waals surface area contributed by atoms with E-state index in [-0.39, 0.29) is 19.6 Å². The highest BCUT2D eigenvalue weighted by atomic mass is 32.3. The number of rotatable bonds is 30. The molecule has 12 nitrogen and oxygen atoms in total. The minimum atomic E-state index is -5.05. The SMILES string of the molecule is CCCCCC/C=C\CCCCCCCC(=O)OC(COCCCCCCCCC)COC1OC(CO)C(O)C(OS(=O)(=O)O)C1O. The molecule has 278 valence electrons. The van der Waals surface area contributed by atoms with E-state index in [2.05, 4.69) is 30.2 Å². The number of hydrogen-bond donors (Lipinski definition) is 4. The van der Waals surface area contributed by atoms with Crippen molar-refractivity contribution in [3.8, 4) is 0 Å². The van der Waals surface area contributed by atoms with Crippen LogP contribution in [0.4, 0.5) is 0 Å².